The van der Waals surface area contributed by atoms with Crippen molar-refractivity contribution in [3.63, 3.8) is 0 Å². The molecule has 0 saturated heterocycles. The van der Waals surface area contributed by atoms with Gasteiger partial charge in [-0.25, -0.2) is 9.97 Å². The number of carbonyl (C=O) groups excluding carboxylic acids is 4. The molecule has 36 heavy (non-hydrogen) atoms. The lowest BCUT2D eigenvalue weighted by Crippen LogP contribution is -2.49. The molecule has 196 valence electrons. The molecule has 13 heteroatoms. The number of aromatic nitrogens is 4. The van der Waals surface area contributed by atoms with Crippen LogP contribution in [-0.4, -0.2) is 62.0 Å². The Morgan fingerprint density at radius 2 is 2.00 bits per heavy atom. The highest BCUT2D eigenvalue weighted by atomic mass is 16.4. The summed E-state index contributed by atoms with van der Waals surface area (Å²) in [5, 5.41) is 15.1. The van der Waals surface area contributed by atoms with Gasteiger partial charge < -0.3 is 25.7 Å². The quantitative estimate of drug-likeness (QED) is 0.454. The summed E-state index contributed by atoms with van der Waals surface area (Å²) >= 11 is 0. The van der Waals surface area contributed by atoms with Gasteiger partial charge in [0.2, 0.25) is 23.6 Å². The largest absolute Gasteiger partial charge is 0.443 e. The highest BCUT2D eigenvalue weighted by molar-refractivity contribution is 5.96. The van der Waals surface area contributed by atoms with E-state index in [1.165, 1.54) is 17.3 Å². The molecule has 0 unspecified atom stereocenters. The summed E-state index contributed by atoms with van der Waals surface area (Å²) in [5.74, 6) is -1.20. The molecule has 1 aliphatic rings. The number of nitrogens with zero attached hydrogens (tertiary/aromatic N) is 4. The molecule has 0 aliphatic carbocycles. The van der Waals surface area contributed by atoms with Crippen molar-refractivity contribution in [2.45, 2.75) is 78.0 Å². The predicted octanol–water partition coefficient (Wildman–Crippen LogP) is 0.381. The Morgan fingerprint density at radius 3 is 2.69 bits per heavy atom. The van der Waals surface area contributed by atoms with Crippen LogP contribution in [0.5, 0.6) is 0 Å². The second-order valence-electron chi connectivity index (χ2n) is 9.20. The lowest BCUT2D eigenvalue weighted by molar-refractivity contribution is -0.130. The third-order valence-corrected chi connectivity index (χ3v) is 5.90. The number of rotatable bonds is 5. The zero-order valence-corrected chi connectivity index (χ0v) is 21.0. The lowest BCUT2D eigenvalue weighted by atomic mass is 10.0. The van der Waals surface area contributed by atoms with E-state index in [-0.39, 0.29) is 47.4 Å². The van der Waals surface area contributed by atoms with Gasteiger partial charge in [0, 0.05) is 13.0 Å². The number of hydrogen-bond donors (Lipinski definition) is 4. The van der Waals surface area contributed by atoms with Crippen LogP contribution in [-0.2, 0) is 20.9 Å². The maximum absolute atomic E-state index is 13.3. The number of hydrogen-bond acceptors (Lipinski definition) is 8. The van der Waals surface area contributed by atoms with Crippen molar-refractivity contribution in [1.82, 2.24) is 41.0 Å². The van der Waals surface area contributed by atoms with E-state index in [1.807, 2.05) is 13.8 Å². The third kappa shape index (κ3) is 7.12. The molecular formula is C23H34N8O5. The monoisotopic (exact) mass is 502 g/mol. The fraction of sp³-hybridized carbons (Fsp3) is 0.609. The average molecular weight is 503 g/mol. The lowest BCUT2D eigenvalue weighted by Gasteiger charge is -2.24. The zero-order chi connectivity index (χ0) is 26.2. The first-order valence-corrected chi connectivity index (χ1v) is 12.1. The maximum Gasteiger partial charge on any atom is 0.274 e. The molecule has 2 aromatic rings. The molecule has 0 fully saturated rings. The van der Waals surface area contributed by atoms with Gasteiger partial charge in [-0.1, -0.05) is 13.8 Å². The number of aryl methyl sites for hydroxylation is 2. The smallest absolute Gasteiger partial charge is 0.274 e. The number of nitrogens with one attached hydrogen (secondary N) is 4. The summed E-state index contributed by atoms with van der Waals surface area (Å²) in [7, 11) is 0. The van der Waals surface area contributed by atoms with Crippen molar-refractivity contribution < 1.29 is 23.6 Å². The second kappa shape index (κ2) is 12.3. The van der Waals surface area contributed by atoms with Crippen molar-refractivity contribution in [2.75, 3.05) is 6.54 Å². The van der Waals surface area contributed by atoms with E-state index in [9.17, 15) is 19.2 Å². The number of carbonyl (C=O) groups is 4. The fourth-order valence-electron chi connectivity index (χ4n) is 3.80. The predicted molar refractivity (Wildman–Crippen MR) is 127 cm³/mol. The molecule has 0 aromatic carbocycles. The Bertz CT molecular complexity index is 1060. The molecular weight excluding hydrogens is 468 g/mol. The zero-order valence-electron chi connectivity index (χ0n) is 21.0. The summed E-state index contributed by atoms with van der Waals surface area (Å²) in [6, 6.07) is -2.18. The van der Waals surface area contributed by atoms with Crippen LogP contribution in [0.4, 0.5) is 0 Å². The van der Waals surface area contributed by atoms with Gasteiger partial charge >= 0.3 is 0 Å². The van der Waals surface area contributed by atoms with E-state index in [2.05, 4.69) is 36.3 Å². The van der Waals surface area contributed by atoms with Gasteiger partial charge in [0.1, 0.15) is 36.5 Å². The van der Waals surface area contributed by atoms with E-state index in [1.54, 1.807) is 13.8 Å². The summed E-state index contributed by atoms with van der Waals surface area (Å²) in [4.78, 5) is 59.1. The van der Waals surface area contributed by atoms with Gasteiger partial charge in [-0.15, -0.1) is 0 Å². The van der Waals surface area contributed by atoms with Gasteiger partial charge in [-0.05, 0) is 39.0 Å². The highest BCUT2D eigenvalue weighted by Crippen LogP contribution is 2.24. The first kappa shape index (κ1) is 26.8. The Morgan fingerprint density at radius 1 is 1.22 bits per heavy atom. The van der Waals surface area contributed by atoms with Crippen LogP contribution in [0.25, 0.3) is 0 Å². The van der Waals surface area contributed by atoms with Crippen LogP contribution in [0, 0.1) is 12.8 Å². The van der Waals surface area contributed by atoms with Gasteiger partial charge in [-0.2, -0.15) is 5.10 Å². The molecule has 3 heterocycles. The van der Waals surface area contributed by atoms with Crippen LogP contribution in [0.15, 0.2) is 17.1 Å². The van der Waals surface area contributed by atoms with Crippen molar-refractivity contribution in [2.24, 2.45) is 5.92 Å². The maximum atomic E-state index is 13.3. The normalized spacial score (nSPS) is 22.0. The van der Waals surface area contributed by atoms with Crippen LogP contribution < -0.4 is 21.3 Å². The minimum Gasteiger partial charge on any atom is -0.443 e. The third-order valence-electron chi connectivity index (χ3n) is 5.90. The molecule has 0 spiro atoms. The van der Waals surface area contributed by atoms with Crippen LogP contribution >= 0.6 is 0 Å². The molecule has 3 atom stereocenters. The molecule has 0 radical (unpaired) electrons. The average Bonchev–Trinajstić information content (AvgIpc) is 3.48. The van der Waals surface area contributed by atoms with Gasteiger partial charge in [0.05, 0.1) is 6.54 Å². The fourth-order valence-corrected chi connectivity index (χ4v) is 3.80. The summed E-state index contributed by atoms with van der Waals surface area (Å²) in [6.07, 6.45) is 4.59. The van der Waals surface area contributed by atoms with Gasteiger partial charge in [-0.3, -0.25) is 23.9 Å². The van der Waals surface area contributed by atoms with E-state index < -0.39 is 24.0 Å². The van der Waals surface area contributed by atoms with Gasteiger partial charge in [0.25, 0.3) is 5.91 Å². The van der Waals surface area contributed by atoms with Crippen molar-refractivity contribution in [3.8, 4) is 0 Å². The molecule has 0 saturated carbocycles. The summed E-state index contributed by atoms with van der Waals surface area (Å²) < 4.78 is 7.29. The standard InChI is InChI=1S/C23H34N8O5/c1-13(2)18-23-30-19(15(4)36-23)22(35)27-14(3)20(33)25-9-6-5-7-16(21(34)29-18)28-17(32)8-10-31-12-24-11-26-31/h11-14,16,18H,5-10H2,1-4H3,(H,25,33)(H,27,35)(H,28,32)(H,29,34)/t14-,16+,18+/m1/s1. The van der Waals surface area contributed by atoms with E-state index >= 15 is 0 Å². The highest BCUT2D eigenvalue weighted by Gasteiger charge is 2.30. The van der Waals surface area contributed by atoms with E-state index in [0.717, 1.165) is 0 Å². The number of amides is 4. The second-order valence-corrected chi connectivity index (χ2v) is 9.20. The molecule has 13 nitrogen and oxygen atoms in total. The Kier molecular flexibility index (Phi) is 9.14. The molecule has 3 rings (SSSR count). The van der Waals surface area contributed by atoms with Crippen molar-refractivity contribution in [1.29, 1.82) is 0 Å². The number of oxazole rings is 1. The first-order valence-electron chi connectivity index (χ1n) is 12.1. The Hall–Kier alpha value is -3.77. The number of fused-ring (bicyclic) bond motifs is 2. The van der Waals surface area contributed by atoms with E-state index in [4.69, 9.17) is 4.42 Å². The topological polar surface area (TPSA) is 173 Å². The Balaban J connectivity index is 1.80. The molecule has 2 bridgehead atoms. The molecule has 1 aliphatic heterocycles. The first-order chi connectivity index (χ1) is 17.2. The Labute approximate surface area is 209 Å². The minimum atomic E-state index is -0.796. The van der Waals surface area contributed by atoms with Crippen molar-refractivity contribution >= 4 is 23.6 Å². The van der Waals surface area contributed by atoms with Crippen LogP contribution in [0.2, 0.25) is 0 Å². The minimum absolute atomic E-state index is 0.0506. The molecule has 4 N–H and O–H groups in total. The molecule has 4 amide bonds. The van der Waals surface area contributed by atoms with Crippen LogP contribution in [0.3, 0.4) is 0 Å². The van der Waals surface area contributed by atoms with Gasteiger partial charge in [0.15, 0.2) is 5.69 Å². The van der Waals surface area contributed by atoms with Crippen molar-refractivity contribution in [3.05, 3.63) is 30.0 Å². The SMILES string of the molecule is Cc1oc2nc1C(=O)N[C@H](C)C(=O)NCCCC[C@H](NC(=O)CCn1cncn1)C(=O)N[C@H]2C(C)C. The summed E-state index contributed by atoms with van der Waals surface area (Å²) in [5.41, 5.74) is 0.0506. The summed E-state index contributed by atoms with van der Waals surface area (Å²) in [6.45, 7) is 7.67. The molecule has 2 aromatic heterocycles. The van der Waals surface area contributed by atoms with Crippen LogP contribution in [0.1, 0.15) is 74.6 Å². The van der Waals surface area contributed by atoms with E-state index in [0.29, 0.717) is 32.4 Å².